The van der Waals surface area contributed by atoms with E-state index in [2.05, 4.69) is 25.7 Å². The van der Waals surface area contributed by atoms with Crippen LogP contribution >= 0.6 is 15.9 Å². The maximum absolute atomic E-state index is 13.3. The summed E-state index contributed by atoms with van der Waals surface area (Å²) in [4.78, 5) is 14.7. The van der Waals surface area contributed by atoms with Gasteiger partial charge in [0.15, 0.2) is 5.69 Å². The maximum atomic E-state index is 13.3. The molecule has 7 heteroatoms. The third-order valence-corrected chi connectivity index (χ3v) is 2.36. The summed E-state index contributed by atoms with van der Waals surface area (Å²) in [5.74, 6) is -2.04. The van der Waals surface area contributed by atoms with E-state index in [9.17, 15) is 18.0 Å². The number of rotatable bonds is 3. The Morgan fingerprint density at radius 3 is 2.69 bits per heavy atom. The Hall–Kier alpha value is -1.11. The van der Waals surface area contributed by atoms with Crippen LogP contribution in [0.4, 0.5) is 13.2 Å². The molecule has 0 aliphatic rings. The number of pyridine rings is 1. The lowest BCUT2D eigenvalue weighted by Gasteiger charge is -2.08. The highest BCUT2D eigenvalue weighted by Crippen LogP contribution is 2.26. The Morgan fingerprint density at radius 2 is 2.25 bits per heavy atom. The summed E-state index contributed by atoms with van der Waals surface area (Å²) in [7, 11) is 1.09. The van der Waals surface area contributed by atoms with E-state index in [-0.39, 0.29) is 16.7 Å². The van der Waals surface area contributed by atoms with Crippen LogP contribution in [0.2, 0.25) is 0 Å². The molecule has 0 saturated carbocycles. The first-order valence-electron chi connectivity index (χ1n) is 4.13. The molecule has 0 aliphatic heterocycles. The molecule has 0 radical (unpaired) electrons. The van der Waals surface area contributed by atoms with Gasteiger partial charge in [-0.15, -0.1) is 0 Å². The Bertz CT molecular complexity index is 412. The van der Waals surface area contributed by atoms with E-state index >= 15 is 0 Å². The average molecular weight is 298 g/mol. The lowest BCUT2D eigenvalue weighted by atomic mass is 10.2. The van der Waals surface area contributed by atoms with Crippen molar-refractivity contribution in [2.75, 3.05) is 7.11 Å². The summed E-state index contributed by atoms with van der Waals surface area (Å²) < 4.78 is 42.6. The van der Waals surface area contributed by atoms with Crippen LogP contribution < -0.4 is 0 Å². The molecule has 1 aromatic rings. The van der Waals surface area contributed by atoms with Crippen molar-refractivity contribution < 1.29 is 22.7 Å². The summed E-state index contributed by atoms with van der Waals surface area (Å²) in [5, 5.41) is -0.0750. The largest absolute Gasteiger partial charge is 0.464 e. The fraction of sp³-hybridized carbons (Fsp3) is 0.333. The van der Waals surface area contributed by atoms with Crippen LogP contribution in [-0.4, -0.2) is 18.1 Å². The Morgan fingerprint density at radius 1 is 1.62 bits per heavy atom. The van der Waals surface area contributed by atoms with E-state index in [1.54, 1.807) is 0 Å². The van der Waals surface area contributed by atoms with E-state index < -0.39 is 23.8 Å². The van der Waals surface area contributed by atoms with E-state index in [1.165, 1.54) is 0 Å². The van der Waals surface area contributed by atoms with Gasteiger partial charge in [0, 0.05) is 11.4 Å². The second-order valence-corrected chi connectivity index (χ2v) is 3.34. The summed E-state index contributed by atoms with van der Waals surface area (Å²) in [6.07, 6.45) is -2.98. The topological polar surface area (TPSA) is 39.2 Å². The molecule has 0 aliphatic carbocycles. The van der Waals surface area contributed by atoms with Crippen LogP contribution in [-0.2, 0) is 10.1 Å². The zero-order valence-electron chi connectivity index (χ0n) is 8.14. The highest BCUT2D eigenvalue weighted by atomic mass is 79.9. The minimum absolute atomic E-state index is 0.0750. The number of alkyl halides is 3. The number of ether oxygens (including phenoxy) is 1. The smallest absolute Gasteiger partial charge is 0.356 e. The van der Waals surface area contributed by atoms with Crippen molar-refractivity contribution in [1.82, 2.24) is 4.98 Å². The van der Waals surface area contributed by atoms with E-state index in [0.29, 0.717) is 6.07 Å². The second kappa shape index (κ2) is 5.29. The molecule has 0 atom stereocenters. The molecule has 1 heterocycles. The fourth-order valence-corrected chi connectivity index (χ4v) is 1.54. The average Bonchev–Trinajstić information content (AvgIpc) is 2.26. The van der Waals surface area contributed by atoms with Gasteiger partial charge in [-0.1, -0.05) is 15.9 Å². The summed E-state index contributed by atoms with van der Waals surface area (Å²) in [6.45, 7) is 0. The first-order valence-corrected chi connectivity index (χ1v) is 5.25. The first kappa shape index (κ1) is 13.0. The second-order valence-electron chi connectivity index (χ2n) is 2.78. The molecule has 0 saturated heterocycles. The van der Waals surface area contributed by atoms with E-state index in [1.807, 2.05) is 0 Å². The molecule has 3 nitrogen and oxygen atoms in total. The molecular weight excluding hydrogens is 291 g/mol. The molecule has 0 amide bonds. The Balaban J connectivity index is 3.32. The minimum Gasteiger partial charge on any atom is -0.464 e. The number of hydrogen-bond acceptors (Lipinski definition) is 3. The SMILES string of the molecule is COC(=O)c1cc(F)c(C(F)F)c(CBr)n1. The quantitative estimate of drug-likeness (QED) is 0.636. The number of carbonyl (C=O) groups is 1. The highest BCUT2D eigenvalue weighted by Gasteiger charge is 2.22. The standard InChI is InChI=1S/C9H7BrF3NO2/c1-16-9(15)5-2-4(11)7(8(12)13)6(3-10)14-5/h2,8H,3H2,1H3. The predicted octanol–water partition coefficient (Wildman–Crippen LogP) is 2.84. The van der Waals surface area contributed by atoms with Gasteiger partial charge < -0.3 is 4.74 Å². The van der Waals surface area contributed by atoms with Crippen molar-refractivity contribution in [2.24, 2.45) is 0 Å². The molecule has 1 rings (SSSR count). The lowest BCUT2D eigenvalue weighted by Crippen LogP contribution is -2.10. The van der Waals surface area contributed by atoms with Crippen LogP contribution in [0, 0.1) is 5.82 Å². The van der Waals surface area contributed by atoms with Gasteiger partial charge in [0.05, 0.1) is 18.4 Å². The van der Waals surface area contributed by atoms with Crippen molar-refractivity contribution in [3.05, 3.63) is 28.8 Å². The summed E-state index contributed by atoms with van der Waals surface area (Å²) in [5.41, 5.74) is -1.35. The first-order chi connectivity index (χ1) is 7.51. The van der Waals surface area contributed by atoms with Crippen molar-refractivity contribution in [3.63, 3.8) is 0 Å². The molecule has 1 aromatic heterocycles. The molecule has 0 fully saturated rings. The third kappa shape index (κ3) is 2.52. The third-order valence-electron chi connectivity index (χ3n) is 1.83. The number of nitrogens with zero attached hydrogens (tertiary/aromatic N) is 1. The van der Waals surface area contributed by atoms with Crippen LogP contribution in [0.1, 0.15) is 28.2 Å². The monoisotopic (exact) mass is 297 g/mol. The molecule has 0 spiro atoms. The van der Waals surface area contributed by atoms with Crippen LogP contribution in [0.3, 0.4) is 0 Å². The number of aromatic nitrogens is 1. The van der Waals surface area contributed by atoms with Gasteiger partial charge in [-0.2, -0.15) is 0 Å². The van der Waals surface area contributed by atoms with E-state index in [4.69, 9.17) is 0 Å². The molecule has 0 unspecified atom stereocenters. The van der Waals surface area contributed by atoms with Gasteiger partial charge in [0.1, 0.15) is 5.82 Å². The molecular formula is C9H7BrF3NO2. The number of hydrogen-bond donors (Lipinski definition) is 0. The number of esters is 1. The Kier molecular flexibility index (Phi) is 4.28. The van der Waals surface area contributed by atoms with Crippen LogP contribution in [0.15, 0.2) is 6.07 Å². The van der Waals surface area contributed by atoms with E-state index in [0.717, 1.165) is 7.11 Å². The van der Waals surface area contributed by atoms with Crippen molar-refractivity contribution in [2.45, 2.75) is 11.8 Å². The molecule has 0 aromatic carbocycles. The molecule has 0 N–H and O–H groups in total. The van der Waals surface area contributed by atoms with Crippen LogP contribution in [0.5, 0.6) is 0 Å². The van der Waals surface area contributed by atoms with Crippen molar-refractivity contribution >= 4 is 21.9 Å². The number of methoxy groups -OCH3 is 1. The zero-order chi connectivity index (χ0) is 12.3. The van der Waals surface area contributed by atoms with Gasteiger partial charge in [-0.25, -0.2) is 22.9 Å². The lowest BCUT2D eigenvalue weighted by molar-refractivity contribution is 0.0592. The van der Waals surface area contributed by atoms with Gasteiger partial charge >= 0.3 is 5.97 Å². The summed E-state index contributed by atoms with van der Waals surface area (Å²) in [6, 6.07) is 0.638. The molecule has 16 heavy (non-hydrogen) atoms. The van der Waals surface area contributed by atoms with Gasteiger partial charge in [0.25, 0.3) is 6.43 Å². The van der Waals surface area contributed by atoms with Crippen molar-refractivity contribution in [1.29, 1.82) is 0 Å². The summed E-state index contributed by atoms with van der Waals surface area (Å²) >= 11 is 2.90. The molecule has 88 valence electrons. The number of halogens is 4. The van der Waals surface area contributed by atoms with Crippen molar-refractivity contribution in [3.8, 4) is 0 Å². The van der Waals surface area contributed by atoms with Gasteiger partial charge in [-0.05, 0) is 0 Å². The highest BCUT2D eigenvalue weighted by molar-refractivity contribution is 9.08. The zero-order valence-corrected chi connectivity index (χ0v) is 9.72. The van der Waals surface area contributed by atoms with Gasteiger partial charge in [-0.3, -0.25) is 0 Å². The maximum Gasteiger partial charge on any atom is 0.356 e. The normalized spacial score (nSPS) is 10.6. The number of carbonyl (C=O) groups excluding carboxylic acids is 1. The Labute approximate surface area is 97.8 Å². The predicted molar refractivity (Wildman–Crippen MR) is 53.1 cm³/mol. The molecule has 0 bridgehead atoms. The minimum atomic E-state index is -2.98. The van der Waals surface area contributed by atoms with Gasteiger partial charge in [0.2, 0.25) is 0 Å². The fourth-order valence-electron chi connectivity index (χ4n) is 1.11. The van der Waals surface area contributed by atoms with Crippen LogP contribution in [0.25, 0.3) is 0 Å².